The lowest BCUT2D eigenvalue weighted by molar-refractivity contribution is 0.0895. The number of rotatable bonds is 4. The molecule has 2 fully saturated rings. The van der Waals surface area contributed by atoms with Gasteiger partial charge in [-0.1, -0.05) is 26.8 Å². The van der Waals surface area contributed by atoms with Gasteiger partial charge in [0, 0.05) is 6.04 Å². The average molecular weight is 277 g/mol. The quantitative estimate of drug-likeness (QED) is 0.850. The number of Topliss-reactive ketones (excluding diaryl/α,β-unsaturated/α-hetero) is 1. The van der Waals surface area contributed by atoms with E-state index in [-0.39, 0.29) is 5.78 Å². The molecule has 1 aromatic heterocycles. The van der Waals surface area contributed by atoms with Crippen LogP contribution < -0.4 is 5.32 Å². The monoisotopic (exact) mass is 277 g/mol. The van der Waals surface area contributed by atoms with E-state index in [1.54, 1.807) is 0 Å². The molecule has 3 unspecified atom stereocenters. The predicted molar refractivity (Wildman–Crippen MR) is 79.7 cm³/mol. The Balaban J connectivity index is 1.68. The number of thiophene rings is 1. The fourth-order valence-corrected chi connectivity index (χ4v) is 5.20. The van der Waals surface area contributed by atoms with E-state index in [1.807, 2.05) is 17.5 Å². The van der Waals surface area contributed by atoms with Gasteiger partial charge in [-0.15, -0.1) is 11.3 Å². The first-order chi connectivity index (χ1) is 8.93. The second-order valence-electron chi connectivity index (χ2n) is 7.13. The zero-order chi connectivity index (χ0) is 13.7. The van der Waals surface area contributed by atoms with Crippen LogP contribution in [-0.4, -0.2) is 18.4 Å². The van der Waals surface area contributed by atoms with Gasteiger partial charge < -0.3 is 5.32 Å². The Bertz CT molecular complexity index is 474. The van der Waals surface area contributed by atoms with E-state index in [9.17, 15) is 4.79 Å². The standard InChI is InChI=1S/C16H23NOS/c1-15(2)11-6-7-16(3,9-11)14(15)17-10-12(18)13-5-4-8-19-13/h4-5,8,11,14,17H,6-7,9-10H2,1-3H3. The Labute approximate surface area is 119 Å². The first-order valence-corrected chi connectivity index (χ1v) is 8.11. The van der Waals surface area contributed by atoms with Gasteiger partial charge in [0.15, 0.2) is 5.78 Å². The highest BCUT2D eigenvalue weighted by atomic mass is 32.1. The van der Waals surface area contributed by atoms with Gasteiger partial charge in [0.1, 0.15) is 0 Å². The van der Waals surface area contributed by atoms with E-state index < -0.39 is 0 Å². The summed E-state index contributed by atoms with van der Waals surface area (Å²) in [6.07, 6.45) is 4.00. The lowest BCUT2D eigenvalue weighted by Gasteiger charge is -2.43. The van der Waals surface area contributed by atoms with E-state index >= 15 is 0 Å². The van der Waals surface area contributed by atoms with Crippen LogP contribution in [0.1, 0.15) is 49.7 Å². The summed E-state index contributed by atoms with van der Waals surface area (Å²) < 4.78 is 0. The zero-order valence-corrected chi connectivity index (χ0v) is 12.8. The Morgan fingerprint density at radius 2 is 2.26 bits per heavy atom. The summed E-state index contributed by atoms with van der Waals surface area (Å²) in [6.45, 7) is 7.62. The van der Waals surface area contributed by atoms with Crippen molar-refractivity contribution in [3.05, 3.63) is 22.4 Å². The Morgan fingerprint density at radius 3 is 2.84 bits per heavy atom. The van der Waals surface area contributed by atoms with Crippen LogP contribution in [0.15, 0.2) is 17.5 Å². The molecule has 0 aromatic carbocycles. The second-order valence-corrected chi connectivity index (χ2v) is 8.08. The number of ketones is 1. The second kappa shape index (κ2) is 4.42. The number of fused-ring (bicyclic) bond motifs is 2. The van der Waals surface area contributed by atoms with Crippen LogP contribution in [0.5, 0.6) is 0 Å². The van der Waals surface area contributed by atoms with Gasteiger partial charge >= 0.3 is 0 Å². The number of carbonyl (C=O) groups excluding carboxylic acids is 1. The van der Waals surface area contributed by atoms with Crippen LogP contribution in [0.25, 0.3) is 0 Å². The molecule has 0 spiro atoms. The SMILES string of the molecule is CC12CCC(C1)C(C)(C)C2NCC(=O)c1cccs1. The third-order valence-electron chi connectivity index (χ3n) is 5.53. The third kappa shape index (κ3) is 2.07. The van der Waals surface area contributed by atoms with Gasteiger partial charge in [-0.2, -0.15) is 0 Å². The average Bonchev–Trinajstić information content (AvgIpc) is 3.00. The largest absolute Gasteiger partial charge is 0.306 e. The molecule has 1 aromatic rings. The van der Waals surface area contributed by atoms with Gasteiger partial charge in [0.25, 0.3) is 0 Å². The highest BCUT2D eigenvalue weighted by Gasteiger charge is 2.58. The Morgan fingerprint density at radius 1 is 1.47 bits per heavy atom. The van der Waals surface area contributed by atoms with Crippen LogP contribution in [0, 0.1) is 16.7 Å². The van der Waals surface area contributed by atoms with E-state index in [2.05, 4.69) is 26.1 Å². The molecule has 0 saturated heterocycles. The highest BCUT2D eigenvalue weighted by Crippen LogP contribution is 2.62. The summed E-state index contributed by atoms with van der Waals surface area (Å²) in [7, 11) is 0. The fraction of sp³-hybridized carbons (Fsp3) is 0.688. The molecular formula is C16H23NOS. The van der Waals surface area contributed by atoms with Crippen molar-refractivity contribution in [1.29, 1.82) is 0 Å². The van der Waals surface area contributed by atoms with Gasteiger partial charge in [0.05, 0.1) is 11.4 Å². The maximum Gasteiger partial charge on any atom is 0.186 e. The normalized spacial score (nSPS) is 35.7. The molecule has 2 aliphatic rings. The molecular weight excluding hydrogens is 254 g/mol. The van der Waals surface area contributed by atoms with Crippen LogP contribution in [0.2, 0.25) is 0 Å². The van der Waals surface area contributed by atoms with Gasteiger partial charge in [-0.25, -0.2) is 0 Å². The minimum atomic E-state index is 0.233. The summed E-state index contributed by atoms with van der Waals surface area (Å²) in [5, 5.41) is 5.56. The molecule has 19 heavy (non-hydrogen) atoms. The van der Waals surface area contributed by atoms with Crippen molar-refractivity contribution in [2.75, 3.05) is 6.54 Å². The van der Waals surface area contributed by atoms with Crippen molar-refractivity contribution >= 4 is 17.1 Å². The Hall–Kier alpha value is -0.670. The molecule has 2 nitrogen and oxygen atoms in total. The maximum atomic E-state index is 12.1. The van der Waals surface area contributed by atoms with Crippen molar-refractivity contribution in [3.8, 4) is 0 Å². The third-order valence-corrected chi connectivity index (χ3v) is 6.44. The molecule has 1 heterocycles. The zero-order valence-electron chi connectivity index (χ0n) is 12.0. The molecule has 104 valence electrons. The van der Waals surface area contributed by atoms with Crippen LogP contribution in [-0.2, 0) is 0 Å². The molecule has 2 saturated carbocycles. The van der Waals surface area contributed by atoms with E-state index in [0.29, 0.717) is 23.4 Å². The topological polar surface area (TPSA) is 29.1 Å². The Kier molecular flexibility index (Phi) is 3.10. The molecule has 3 heteroatoms. The molecule has 0 radical (unpaired) electrons. The molecule has 0 amide bonds. The van der Waals surface area contributed by atoms with Crippen LogP contribution in [0.3, 0.4) is 0 Å². The first-order valence-electron chi connectivity index (χ1n) is 7.23. The van der Waals surface area contributed by atoms with Crippen molar-refractivity contribution in [1.82, 2.24) is 5.32 Å². The van der Waals surface area contributed by atoms with E-state index in [0.717, 1.165) is 10.8 Å². The number of hydrogen-bond donors (Lipinski definition) is 1. The summed E-state index contributed by atoms with van der Waals surface area (Å²) >= 11 is 1.54. The maximum absolute atomic E-state index is 12.1. The first kappa shape index (κ1) is 13.3. The minimum Gasteiger partial charge on any atom is -0.306 e. The number of carbonyl (C=O) groups is 1. The summed E-state index contributed by atoms with van der Waals surface area (Å²) in [5.41, 5.74) is 0.715. The summed E-state index contributed by atoms with van der Waals surface area (Å²) in [6, 6.07) is 4.34. The molecule has 3 atom stereocenters. The van der Waals surface area contributed by atoms with Gasteiger partial charge in [0.2, 0.25) is 0 Å². The van der Waals surface area contributed by atoms with Crippen LogP contribution in [0.4, 0.5) is 0 Å². The van der Waals surface area contributed by atoms with Crippen molar-refractivity contribution < 1.29 is 4.79 Å². The van der Waals surface area contributed by atoms with Gasteiger partial charge in [-0.3, -0.25) is 4.79 Å². The minimum absolute atomic E-state index is 0.233. The van der Waals surface area contributed by atoms with E-state index in [4.69, 9.17) is 0 Å². The smallest absolute Gasteiger partial charge is 0.186 e. The van der Waals surface area contributed by atoms with Crippen molar-refractivity contribution in [2.24, 2.45) is 16.7 Å². The number of hydrogen-bond acceptors (Lipinski definition) is 3. The molecule has 0 aliphatic heterocycles. The summed E-state index contributed by atoms with van der Waals surface area (Å²) in [5.74, 6) is 1.06. The van der Waals surface area contributed by atoms with Crippen molar-refractivity contribution in [3.63, 3.8) is 0 Å². The van der Waals surface area contributed by atoms with Crippen LogP contribution >= 0.6 is 11.3 Å². The molecule has 2 bridgehead atoms. The highest BCUT2D eigenvalue weighted by molar-refractivity contribution is 7.12. The summed E-state index contributed by atoms with van der Waals surface area (Å²) in [4.78, 5) is 13.0. The molecule has 3 rings (SSSR count). The lowest BCUT2D eigenvalue weighted by Crippen LogP contribution is -2.51. The number of nitrogens with one attached hydrogen (secondary N) is 1. The van der Waals surface area contributed by atoms with Gasteiger partial charge in [-0.05, 0) is 47.5 Å². The van der Waals surface area contributed by atoms with E-state index in [1.165, 1.54) is 30.6 Å². The predicted octanol–water partition coefficient (Wildman–Crippen LogP) is 3.74. The van der Waals surface area contributed by atoms with Crippen molar-refractivity contribution in [2.45, 2.75) is 46.1 Å². The fourth-order valence-electron chi connectivity index (χ4n) is 4.53. The molecule has 2 aliphatic carbocycles. The lowest BCUT2D eigenvalue weighted by atomic mass is 9.68. The molecule has 1 N–H and O–H groups in total.